The molecule has 0 saturated carbocycles. The first-order valence-corrected chi connectivity index (χ1v) is 7.76. The fourth-order valence-corrected chi connectivity index (χ4v) is 2.33. The van der Waals surface area contributed by atoms with E-state index in [4.69, 9.17) is 4.74 Å². The summed E-state index contributed by atoms with van der Waals surface area (Å²) in [5.74, 6) is -4.66. The van der Waals surface area contributed by atoms with E-state index in [0.717, 1.165) is 23.3 Å². The van der Waals surface area contributed by atoms with Crippen molar-refractivity contribution in [3.05, 3.63) is 84.2 Å². The summed E-state index contributed by atoms with van der Waals surface area (Å²) in [6.45, 7) is -0.400. The van der Waals surface area contributed by atoms with E-state index in [0.29, 0.717) is 5.75 Å². The molecule has 1 N–H and O–H groups in total. The molecule has 6 heteroatoms. The first-order valence-electron chi connectivity index (χ1n) is 7.76. The van der Waals surface area contributed by atoms with Gasteiger partial charge in [0.1, 0.15) is 5.75 Å². The Morgan fingerprint density at radius 2 is 1.46 bits per heavy atom. The van der Waals surface area contributed by atoms with Crippen molar-refractivity contribution in [2.45, 2.75) is 0 Å². The lowest BCUT2D eigenvalue weighted by molar-refractivity contribution is -0.118. The second kappa shape index (κ2) is 7.74. The van der Waals surface area contributed by atoms with E-state index < -0.39 is 35.7 Å². The predicted molar refractivity (Wildman–Crippen MR) is 92.3 cm³/mol. The van der Waals surface area contributed by atoms with Gasteiger partial charge in [0.2, 0.25) is 0 Å². The summed E-state index contributed by atoms with van der Waals surface area (Å²) in [6, 6.07) is 18.5. The molecule has 3 aromatic rings. The summed E-state index contributed by atoms with van der Waals surface area (Å²) in [4.78, 5) is 11.8. The zero-order valence-corrected chi connectivity index (χ0v) is 13.5. The second-order valence-electron chi connectivity index (χ2n) is 5.45. The highest BCUT2D eigenvalue weighted by atomic mass is 19.2. The average molecular weight is 357 g/mol. The molecule has 0 aliphatic carbocycles. The van der Waals surface area contributed by atoms with E-state index >= 15 is 0 Å². The van der Waals surface area contributed by atoms with Crippen LogP contribution in [0.3, 0.4) is 0 Å². The van der Waals surface area contributed by atoms with Gasteiger partial charge in [0.15, 0.2) is 24.1 Å². The van der Waals surface area contributed by atoms with Crippen molar-refractivity contribution >= 4 is 11.6 Å². The van der Waals surface area contributed by atoms with Crippen molar-refractivity contribution < 1.29 is 22.7 Å². The van der Waals surface area contributed by atoms with Crippen LogP contribution < -0.4 is 10.1 Å². The largest absolute Gasteiger partial charge is 0.484 e. The monoisotopic (exact) mass is 357 g/mol. The number of halogens is 3. The van der Waals surface area contributed by atoms with Crippen LogP contribution in [0.25, 0.3) is 11.1 Å². The number of nitrogens with one attached hydrogen (secondary N) is 1. The highest BCUT2D eigenvalue weighted by Crippen LogP contribution is 2.22. The predicted octanol–water partition coefficient (Wildman–Crippen LogP) is 4.79. The van der Waals surface area contributed by atoms with Gasteiger partial charge in [-0.05, 0) is 35.4 Å². The van der Waals surface area contributed by atoms with Crippen LogP contribution in [0, 0.1) is 17.5 Å². The smallest absolute Gasteiger partial charge is 0.262 e. The molecule has 0 fully saturated rings. The Morgan fingerprint density at radius 3 is 2.15 bits per heavy atom. The number of amides is 1. The number of carbonyl (C=O) groups excluding carboxylic acids is 1. The minimum absolute atomic E-state index is 0.400. The molecule has 0 atom stereocenters. The molecule has 3 rings (SSSR count). The van der Waals surface area contributed by atoms with Crippen molar-refractivity contribution in [2.75, 3.05) is 11.9 Å². The Morgan fingerprint density at radius 1 is 0.808 bits per heavy atom. The van der Waals surface area contributed by atoms with E-state index in [1.165, 1.54) is 0 Å². The van der Waals surface area contributed by atoms with Gasteiger partial charge in [-0.15, -0.1) is 0 Å². The van der Waals surface area contributed by atoms with Crippen LogP contribution in [0.5, 0.6) is 5.75 Å². The summed E-state index contributed by atoms with van der Waals surface area (Å²) >= 11 is 0. The van der Waals surface area contributed by atoms with Gasteiger partial charge in [-0.3, -0.25) is 4.79 Å². The van der Waals surface area contributed by atoms with Gasteiger partial charge in [0.05, 0.1) is 5.69 Å². The van der Waals surface area contributed by atoms with Crippen LogP contribution in [0.4, 0.5) is 18.9 Å². The van der Waals surface area contributed by atoms with Gasteiger partial charge in [-0.2, -0.15) is 0 Å². The second-order valence-corrected chi connectivity index (χ2v) is 5.45. The van der Waals surface area contributed by atoms with Crippen molar-refractivity contribution in [3.8, 4) is 16.9 Å². The van der Waals surface area contributed by atoms with Crippen molar-refractivity contribution in [1.29, 1.82) is 0 Å². The highest BCUT2D eigenvalue weighted by Gasteiger charge is 2.15. The maximum absolute atomic E-state index is 13.5. The number of ether oxygens (including phenoxy) is 1. The molecule has 3 aromatic carbocycles. The lowest BCUT2D eigenvalue weighted by Crippen LogP contribution is -2.21. The third kappa shape index (κ3) is 4.03. The third-order valence-electron chi connectivity index (χ3n) is 3.64. The van der Waals surface area contributed by atoms with E-state index in [9.17, 15) is 18.0 Å². The first kappa shape index (κ1) is 17.5. The fraction of sp³-hybridized carbons (Fsp3) is 0.0500. The molecule has 0 radical (unpaired) electrons. The molecule has 26 heavy (non-hydrogen) atoms. The normalized spacial score (nSPS) is 10.4. The lowest BCUT2D eigenvalue weighted by Gasteiger charge is -2.09. The SMILES string of the molecule is O=C(COc1ccc(-c2ccccc2)cc1)Nc1ccc(F)c(F)c1F. The van der Waals surface area contributed by atoms with Crippen LogP contribution in [-0.4, -0.2) is 12.5 Å². The maximum Gasteiger partial charge on any atom is 0.262 e. The molecule has 0 bridgehead atoms. The van der Waals surface area contributed by atoms with Crippen molar-refractivity contribution in [3.63, 3.8) is 0 Å². The zero-order chi connectivity index (χ0) is 18.5. The Hall–Kier alpha value is -3.28. The Bertz CT molecular complexity index is 912. The first-order chi connectivity index (χ1) is 12.5. The van der Waals surface area contributed by atoms with E-state index in [1.807, 2.05) is 42.5 Å². The molecule has 0 heterocycles. The van der Waals surface area contributed by atoms with Gasteiger partial charge >= 0.3 is 0 Å². The minimum Gasteiger partial charge on any atom is -0.484 e. The summed E-state index contributed by atoms with van der Waals surface area (Å²) in [7, 11) is 0. The van der Waals surface area contributed by atoms with Gasteiger partial charge in [-0.1, -0.05) is 42.5 Å². The molecule has 0 aromatic heterocycles. The van der Waals surface area contributed by atoms with E-state index in [-0.39, 0.29) is 0 Å². The highest BCUT2D eigenvalue weighted by molar-refractivity contribution is 5.92. The molecular weight excluding hydrogens is 343 g/mol. The van der Waals surface area contributed by atoms with Crippen LogP contribution in [0.15, 0.2) is 66.7 Å². The summed E-state index contributed by atoms with van der Waals surface area (Å²) in [5.41, 5.74) is 1.59. The van der Waals surface area contributed by atoms with Crippen LogP contribution in [0.1, 0.15) is 0 Å². The summed E-state index contributed by atoms with van der Waals surface area (Å²) in [6.07, 6.45) is 0. The Labute approximate surface area is 148 Å². The molecular formula is C20H14F3NO2. The Balaban J connectivity index is 1.59. The quantitative estimate of drug-likeness (QED) is 0.667. The molecule has 1 amide bonds. The van der Waals surface area contributed by atoms with Crippen molar-refractivity contribution in [2.24, 2.45) is 0 Å². The van der Waals surface area contributed by atoms with Crippen LogP contribution in [-0.2, 0) is 4.79 Å². The van der Waals surface area contributed by atoms with Gasteiger partial charge < -0.3 is 10.1 Å². The fourth-order valence-electron chi connectivity index (χ4n) is 2.33. The molecule has 0 unspecified atom stereocenters. The molecule has 0 aliphatic heterocycles. The number of hydrogen-bond donors (Lipinski definition) is 1. The lowest BCUT2D eigenvalue weighted by atomic mass is 10.1. The van der Waals surface area contributed by atoms with Gasteiger partial charge in [0.25, 0.3) is 5.91 Å². The van der Waals surface area contributed by atoms with E-state index in [2.05, 4.69) is 5.32 Å². The molecule has 0 spiro atoms. The van der Waals surface area contributed by atoms with Gasteiger partial charge in [-0.25, -0.2) is 13.2 Å². The molecule has 3 nitrogen and oxygen atoms in total. The number of anilines is 1. The standard InChI is InChI=1S/C20H14F3NO2/c21-16-10-11-17(20(23)19(16)22)24-18(25)12-26-15-8-6-14(7-9-15)13-4-2-1-3-5-13/h1-11H,12H2,(H,24,25). The number of hydrogen-bond acceptors (Lipinski definition) is 2. The molecule has 132 valence electrons. The molecule has 0 aliphatic rings. The molecule has 0 saturated heterocycles. The number of benzene rings is 3. The zero-order valence-electron chi connectivity index (χ0n) is 13.5. The topological polar surface area (TPSA) is 38.3 Å². The minimum atomic E-state index is -1.64. The summed E-state index contributed by atoms with van der Waals surface area (Å²) < 4.78 is 44.9. The Kier molecular flexibility index (Phi) is 5.22. The van der Waals surface area contributed by atoms with E-state index in [1.54, 1.807) is 12.1 Å². The average Bonchev–Trinajstić information content (AvgIpc) is 2.68. The van der Waals surface area contributed by atoms with Crippen LogP contribution >= 0.6 is 0 Å². The van der Waals surface area contributed by atoms with Crippen LogP contribution in [0.2, 0.25) is 0 Å². The maximum atomic E-state index is 13.5. The third-order valence-corrected chi connectivity index (χ3v) is 3.64. The van der Waals surface area contributed by atoms with Gasteiger partial charge in [0, 0.05) is 0 Å². The van der Waals surface area contributed by atoms with Crippen molar-refractivity contribution in [1.82, 2.24) is 0 Å². The summed E-state index contributed by atoms with van der Waals surface area (Å²) in [5, 5.41) is 2.14. The number of rotatable bonds is 5. The number of carbonyl (C=O) groups is 1.